The number of hydrogen-bond donors (Lipinski definition) is 1. The van der Waals surface area contributed by atoms with Gasteiger partial charge in [-0.1, -0.05) is 18.2 Å². The van der Waals surface area contributed by atoms with Gasteiger partial charge in [-0.25, -0.2) is 4.79 Å². The molecule has 5 nitrogen and oxygen atoms in total. The van der Waals surface area contributed by atoms with Crippen LogP contribution in [0.5, 0.6) is 0 Å². The van der Waals surface area contributed by atoms with Crippen LogP contribution in [-0.4, -0.2) is 25.6 Å². The Balaban J connectivity index is 2.53. The van der Waals surface area contributed by atoms with Gasteiger partial charge < -0.3 is 5.11 Å². The van der Waals surface area contributed by atoms with Crippen molar-refractivity contribution in [2.75, 3.05) is 0 Å². The van der Waals surface area contributed by atoms with Gasteiger partial charge in [0, 0.05) is 6.42 Å². The predicted octanol–water partition coefficient (Wildman–Crippen LogP) is 0.401. The quantitative estimate of drug-likeness (QED) is 0.704. The zero-order chi connectivity index (χ0) is 11.1. The van der Waals surface area contributed by atoms with E-state index in [4.69, 9.17) is 5.11 Å². The minimum absolute atomic E-state index is 0.0579. The number of hydrogen-bond acceptors (Lipinski definition) is 4. The molecule has 2 rings (SSSR count). The van der Waals surface area contributed by atoms with Crippen molar-refractivity contribution in [3.8, 4) is 0 Å². The monoisotopic (exact) mass is 228 g/mol. The van der Waals surface area contributed by atoms with E-state index >= 15 is 0 Å². The van der Waals surface area contributed by atoms with Crippen molar-refractivity contribution in [1.82, 2.24) is 0 Å². The fraction of sp³-hybridized carbons (Fsp3) is 0.222. The molecule has 0 bridgehead atoms. The van der Waals surface area contributed by atoms with Crippen LogP contribution in [0.15, 0.2) is 29.2 Å². The van der Waals surface area contributed by atoms with E-state index in [0.29, 0.717) is 5.56 Å². The van der Waals surface area contributed by atoms with Crippen LogP contribution in [0.2, 0.25) is 0 Å². The maximum Gasteiger partial charge on any atom is 0.334 e. The van der Waals surface area contributed by atoms with Crippen LogP contribution in [0.25, 0.3) is 0 Å². The maximum absolute atomic E-state index is 11.5. The Morgan fingerprint density at radius 3 is 2.73 bits per heavy atom. The molecule has 0 saturated heterocycles. The third kappa shape index (κ3) is 1.73. The summed E-state index contributed by atoms with van der Waals surface area (Å²) in [4.78, 5) is 10.7. The molecule has 0 amide bonds. The van der Waals surface area contributed by atoms with Crippen molar-refractivity contribution in [3.05, 3.63) is 29.8 Å². The molecule has 0 aromatic heterocycles. The summed E-state index contributed by atoms with van der Waals surface area (Å²) in [6, 6.07) is 6.23. The second kappa shape index (κ2) is 3.32. The Hall–Kier alpha value is -1.40. The summed E-state index contributed by atoms with van der Waals surface area (Å²) >= 11 is 0. The van der Waals surface area contributed by atoms with Gasteiger partial charge in [0.15, 0.2) is 6.10 Å². The van der Waals surface area contributed by atoms with Gasteiger partial charge >= 0.3 is 5.97 Å². The molecule has 1 unspecified atom stereocenters. The molecule has 0 saturated carbocycles. The molecule has 0 aliphatic carbocycles. The van der Waals surface area contributed by atoms with E-state index in [-0.39, 0.29) is 11.3 Å². The van der Waals surface area contributed by atoms with Crippen LogP contribution in [0, 0.1) is 0 Å². The summed E-state index contributed by atoms with van der Waals surface area (Å²) in [5, 5.41) is 8.71. The smallest absolute Gasteiger partial charge is 0.334 e. The van der Waals surface area contributed by atoms with E-state index in [9.17, 15) is 13.2 Å². The average molecular weight is 228 g/mol. The predicted molar refractivity (Wildman–Crippen MR) is 49.8 cm³/mol. The van der Waals surface area contributed by atoms with Crippen molar-refractivity contribution in [3.63, 3.8) is 0 Å². The Morgan fingerprint density at radius 1 is 1.40 bits per heavy atom. The standard InChI is InChI=1S/C9H8O5S/c10-9(11)7-5-6-3-1-2-4-8(6)15(12,13)14-7/h1-4,7H,5H2,(H,10,11). The summed E-state index contributed by atoms with van der Waals surface area (Å²) in [7, 11) is -3.92. The molecule has 1 N–H and O–H groups in total. The van der Waals surface area contributed by atoms with Gasteiger partial charge in [0.1, 0.15) is 0 Å². The molecule has 0 radical (unpaired) electrons. The summed E-state index contributed by atoms with van der Waals surface area (Å²) in [5.74, 6) is -1.27. The van der Waals surface area contributed by atoms with Gasteiger partial charge in [-0.05, 0) is 11.6 Å². The highest BCUT2D eigenvalue weighted by molar-refractivity contribution is 7.86. The largest absolute Gasteiger partial charge is 0.479 e. The van der Waals surface area contributed by atoms with Crippen molar-refractivity contribution < 1.29 is 22.5 Å². The Bertz CT molecular complexity index is 505. The number of fused-ring (bicyclic) bond motifs is 1. The van der Waals surface area contributed by atoms with Crippen molar-refractivity contribution in [2.24, 2.45) is 0 Å². The van der Waals surface area contributed by atoms with Crippen LogP contribution in [0.1, 0.15) is 5.56 Å². The molecule has 1 aliphatic rings. The van der Waals surface area contributed by atoms with Gasteiger partial charge in [0.05, 0.1) is 4.90 Å². The van der Waals surface area contributed by atoms with Crippen LogP contribution in [0.4, 0.5) is 0 Å². The van der Waals surface area contributed by atoms with Gasteiger partial charge in [-0.2, -0.15) is 8.42 Å². The van der Waals surface area contributed by atoms with Crippen LogP contribution < -0.4 is 0 Å². The van der Waals surface area contributed by atoms with E-state index in [1.54, 1.807) is 18.2 Å². The lowest BCUT2D eigenvalue weighted by molar-refractivity contribution is -0.145. The second-order valence-electron chi connectivity index (χ2n) is 3.19. The van der Waals surface area contributed by atoms with E-state index in [1.807, 2.05) is 0 Å². The maximum atomic E-state index is 11.5. The molecular formula is C9H8O5S. The molecule has 6 heteroatoms. The highest BCUT2D eigenvalue weighted by Gasteiger charge is 2.34. The van der Waals surface area contributed by atoms with E-state index in [1.165, 1.54) is 6.07 Å². The van der Waals surface area contributed by atoms with Crippen LogP contribution in [-0.2, 0) is 25.5 Å². The molecular weight excluding hydrogens is 220 g/mol. The zero-order valence-corrected chi connectivity index (χ0v) is 8.40. The fourth-order valence-electron chi connectivity index (χ4n) is 1.48. The summed E-state index contributed by atoms with van der Waals surface area (Å²) in [5.41, 5.74) is 0.483. The number of carbonyl (C=O) groups is 1. The molecule has 1 heterocycles. The highest BCUT2D eigenvalue weighted by Crippen LogP contribution is 2.26. The van der Waals surface area contributed by atoms with E-state index in [2.05, 4.69) is 4.18 Å². The fourth-order valence-corrected chi connectivity index (χ4v) is 2.76. The van der Waals surface area contributed by atoms with E-state index < -0.39 is 22.2 Å². The molecule has 80 valence electrons. The minimum Gasteiger partial charge on any atom is -0.479 e. The zero-order valence-electron chi connectivity index (χ0n) is 7.58. The lowest BCUT2D eigenvalue weighted by atomic mass is 10.1. The topological polar surface area (TPSA) is 80.7 Å². The van der Waals surface area contributed by atoms with Crippen LogP contribution in [0.3, 0.4) is 0 Å². The number of benzene rings is 1. The third-order valence-corrected chi connectivity index (χ3v) is 3.59. The second-order valence-corrected chi connectivity index (χ2v) is 4.73. The van der Waals surface area contributed by atoms with Gasteiger partial charge in [0.2, 0.25) is 0 Å². The molecule has 1 aliphatic heterocycles. The van der Waals surface area contributed by atoms with Gasteiger partial charge in [0.25, 0.3) is 10.1 Å². The molecule has 0 fully saturated rings. The molecule has 0 spiro atoms. The lowest BCUT2D eigenvalue weighted by Gasteiger charge is -2.21. The Labute approximate surface area is 86.4 Å². The number of rotatable bonds is 1. The first-order valence-corrected chi connectivity index (χ1v) is 5.65. The number of carboxylic acids is 1. The normalized spacial score (nSPS) is 23.1. The highest BCUT2D eigenvalue weighted by atomic mass is 32.2. The van der Waals surface area contributed by atoms with Gasteiger partial charge in [-0.15, -0.1) is 0 Å². The van der Waals surface area contributed by atoms with Crippen molar-refractivity contribution in [2.45, 2.75) is 17.4 Å². The molecule has 1 aromatic rings. The first-order chi connectivity index (χ1) is 7.00. The average Bonchev–Trinajstić information content (AvgIpc) is 2.16. The summed E-state index contributed by atoms with van der Waals surface area (Å²) in [6.07, 6.45) is -1.24. The molecule has 15 heavy (non-hydrogen) atoms. The lowest BCUT2D eigenvalue weighted by Crippen LogP contribution is -2.33. The minimum atomic E-state index is -3.92. The Morgan fingerprint density at radius 2 is 2.07 bits per heavy atom. The van der Waals surface area contributed by atoms with Crippen LogP contribution >= 0.6 is 0 Å². The van der Waals surface area contributed by atoms with E-state index in [0.717, 1.165) is 0 Å². The van der Waals surface area contributed by atoms with Crippen molar-refractivity contribution >= 4 is 16.1 Å². The SMILES string of the molecule is O=C(O)C1Cc2ccccc2S(=O)(=O)O1. The number of aliphatic carboxylic acids is 1. The molecule has 1 atom stereocenters. The summed E-state index contributed by atoms with van der Waals surface area (Å²) in [6.45, 7) is 0. The first-order valence-electron chi connectivity index (χ1n) is 4.25. The molecule has 1 aromatic carbocycles. The first kappa shape index (κ1) is 10.1. The summed E-state index contributed by atoms with van der Waals surface area (Å²) < 4.78 is 27.5. The van der Waals surface area contributed by atoms with Gasteiger partial charge in [-0.3, -0.25) is 4.18 Å². The number of carboxylic acid groups (broad SMARTS) is 1. The Kier molecular flexibility index (Phi) is 2.24. The van der Waals surface area contributed by atoms with Crippen molar-refractivity contribution in [1.29, 1.82) is 0 Å². The third-order valence-electron chi connectivity index (χ3n) is 2.17.